The molecule has 0 aliphatic carbocycles. The third kappa shape index (κ3) is 39.6. The van der Waals surface area contributed by atoms with Gasteiger partial charge >= 0.3 is 17.9 Å². The van der Waals surface area contributed by atoms with Crippen molar-refractivity contribution in [2.24, 2.45) is 17.8 Å². The number of esters is 3. The largest absolute Gasteiger partial charge is 0.462 e. The Kier molecular flexibility index (Phi) is 36.6. The molecule has 0 saturated carbocycles. The molecule has 0 heterocycles. The molecule has 0 N–H and O–H groups in total. The van der Waals surface area contributed by atoms with Gasteiger partial charge in [0.25, 0.3) is 0 Å². The third-order valence-electron chi connectivity index (χ3n) is 10.1. The molecule has 1 atom stereocenters. The summed E-state index contributed by atoms with van der Waals surface area (Å²) in [6.45, 7) is 13.6. The van der Waals surface area contributed by atoms with Gasteiger partial charge in [0.15, 0.2) is 6.10 Å². The van der Waals surface area contributed by atoms with Gasteiger partial charge in [-0.25, -0.2) is 0 Å². The van der Waals surface area contributed by atoms with E-state index in [9.17, 15) is 14.4 Å². The second kappa shape index (κ2) is 37.7. The van der Waals surface area contributed by atoms with Crippen molar-refractivity contribution in [2.45, 2.75) is 247 Å². The highest BCUT2D eigenvalue weighted by Crippen LogP contribution is 2.16. The lowest BCUT2D eigenvalue weighted by Gasteiger charge is -2.18. The van der Waals surface area contributed by atoms with Crippen molar-refractivity contribution in [1.29, 1.82) is 0 Å². The van der Waals surface area contributed by atoms with Gasteiger partial charge < -0.3 is 14.2 Å². The number of hydrogen-bond acceptors (Lipinski definition) is 6. The summed E-state index contributed by atoms with van der Waals surface area (Å²) >= 11 is 0. The van der Waals surface area contributed by atoms with Crippen LogP contribution in [-0.2, 0) is 28.6 Å². The topological polar surface area (TPSA) is 78.9 Å². The second-order valence-corrected chi connectivity index (χ2v) is 17.1. The maximum absolute atomic E-state index is 12.7. The van der Waals surface area contributed by atoms with E-state index in [-0.39, 0.29) is 31.1 Å². The third-order valence-corrected chi connectivity index (χ3v) is 10.1. The molecule has 0 aromatic heterocycles. The van der Waals surface area contributed by atoms with Gasteiger partial charge in [-0.3, -0.25) is 14.4 Å². The highest BCUT2D eigenvalue weighted by atomic mass is 16.6. The summed E-state index contributed by atoms with van der Waals surface area (Å²) < 4.78 is 16.7. The second-order valence-electron chi connectivity index (χ2n) is 17.1. The summed E-state index contributed by atoms with van der Waals surface area (Å²) in [5.41, 5.74) is 0. The summed E-state index contributed by atoms with van der Waals surface area (Å²) in [5, 5.41) is 0. The van der Waals surface area contributed by atoms with Gasteiger partial charge in [-0.1, -0.05) is 202 Å². The van der Waals surface area contributed by atoms with Crippen LogP contribution in [0.5, 0.6) is 0 Å². The minimum Gasteiger partial charge on any atom is -0.462 e. The molecule has 0 aliphatic heterocycles. The molecule has 6 heteroatoms. The van der Waals surface area contributed by atoms with Crippen LogP contribution in [0, 0.1) is 17.8 Å². The van der Waals surface area contributed by atoms with Crippen molar-refractivity contribution in [1.82, 2.24) is 0 Å². The standard InChI is InChI=1S/C46H88O6/c1-40(2)32-26-20-14-11-9-7-8-10-12-16-23-29-35-44(47)50-38-43(52-46(49)37-31-25-19-18-22-28-34-42(5)6)39-51-45(48)36-30-24-17-13-15-21-27-33-41(3)4/h40-43H,7-39H2,1-6H3/t43-/m0/s1. The summed E-state index contributed by atoms with van der Waals surface area (Å²) in [5.74, 6) is 1.50. The molecular formula is C46H88O6. The molecule has 0 spiro atoms. The maximum atomic E-state index is 12.7. The van der Waals surface area contributed by atoms with Gasteiger partial charge in [-0.05, 0) is 37.0 Å². The molecule has 0 radical (unpaired) electrons. The molecule has 0 fully saturated rings. The minimum atomic E-state index is -0.762. The Labute approximate surface area is 323 Å². The first kappa shape index (κ1) is 50.4. The van der Waals surface area contributed by atoms with E-state index in [1.54, 1.807) is 0 Å². The van der Waals surface area contributed by atoms with Gasteiger partial charge in [0.2, 0.25) is 0 Å². The first-order valence-corrected chi connectivity index (χ1v) is 22.6. The monoisotopic (exact) mass is 737 g/mol. The molecule has 0 aromatic rings. The molecule has 0 aromatic carbocycles. The molecule has 0 saturated heterocycles. The van der Waals surface area contributed by atoms with Crippen LogP contribution in [0.2, 0.25) is 0 Å². The fourth-order valence-corrected chi connectivity index (χ4v) is 6.70. The van der Waals surface area contributed by atoms with Gasteiger partial charge in [0.05, 0.1) is 0 Å². The average Bonchev–Trinajstić information content (AvgIpc) is 3.09. The van der Waals surface area contributed by atoms with Crippen LogP contribution >= 0.6 is 0 Å². The van der Waals surface area contributed by atoms with Crippen LogP contribution in [0.4, 0.5) is 0 Å². The average molecular weight is 737 g/mol. The molecule has 0 rings (SSSR count). The summed E-state index contributed by atoms with van der Waals surface area (Å²) in [7, 11) is 0. The number of carbonyl (C=O) groups excluding carboxylic acids is 3. The Hall–Kier alpha value is -1.59. The predicted octanol–water partition coefficient (Wildman–Crippen LogP) is 14.0. The smallest absolute Gasteiger partial charge is 0.306 e. The normalized spacial score (nSPS) is 12.2. The van der Waals surface area contributed by atoms with Crippen molar-refractivity contribution in [2.75, 3.05) is 13.2 Å². The van der Waals surface area contributed by atoms with Crippen molar-refractivity contribution in [3.63, 3.8) is 0 Å². The lowest BCUT2D eigenvalue weighted by molar-refractivity contribution is -0.167. The van der Waals surface area contributed by atoms with Crippen LogP contribution < -0.4 is 0 Å². The molecule has 0 aliphatic rings. The Balaban J connectivity index is 4.29. The van der Waals surface area contributed by atoms with Gasteiger partial charge in [0.1, 0.15) is 13.2 Å². The zero-order valence-electron chi connectivity index (χ0n) is 35.6. The Bertz CT molecular complexity index is 807. The molecule has 308 valence electrons. The molecular weight excluding hydrogens is 648 g/mol. The molecule has 0 amide bonds. The number of rotatable bonds is 39. The SMILES string of the molecule is CC(C)CCCCCCCCCCCCCCC(=O)OC[C@@H](COC(=O)CCCCCCCCCC(C)C)OC(=O)CCCCCCCCC(C)C. The Morgan fingerprint density at radius 1 is 0.327 bits per heavy atom. The minimum absolute atomic E-state index is 0.0672. The summed E-state index contributed by atoms with van der Waals surface area (Å²) in [6, 6.07) is 0. The highest BCUT2D eigenvalue weighted by molar-refractivity contribution is 5.71. The van der Waals surface area contributed by atoms with Crippen LogP contribution in [-0.4, -0.2) is 37.2 Å². The van der Waals surface area contributed by atoms with E-state index in [0.717, 1.165) is 75.5 Å². The first-order chi connectivity index (χ1) is 25.1. The lowest BCUT2D eigenvalue weighted by atomic mass is 10.0. The quantitative estimate of drug-likeness (QED) is 0.0355. The molecule has 0 bridgehead atoms. The lowest BCUT2D eigenvalue weighted by Crippen LogP contribution is -2.30. The van der Waals surface area contributed by atoms with E-state index >= 15 is 0 Å². The molecule has 0 unspecified atom stereocenters. The van der Waals surface area contributed by atoms with Gasteiger partial charge in [-0.15, -0.1) is 0 Å². The van der Waals surface area contributed by atoms with Crippen LogP contribution in [0.1, 0.15) is 241 Å². The van der Waals surface area contributed by atoms with Gasteiger partial charge in [-0.2, -0.15) is 0 Å². The van der Waals surface area contributed by atoms with Gasteiger partial charge in [0, 0.05) is 19.3 Å². The van der Waals surface area contributed by atoms with E-state index in [1.807, 2.05) is 0 Å². The number of ether oxygens (including phenoxy) is 3. The summed E-state index contributed by atoms with van der Waals surface area (Å²) in [6.07, 6.45) is 34.0. The van der Waals surface area contributed by atoms with E-state index in [1.165, 1.54) is 122 Å². The fourth-order valence-electron chi connectivity index (χ4n) is 6.70. The maximum Gasteiger partial charge on any atom is 0.306 e. The Morgan fingerprint density at radius 3 is 0.827 bits per heavy atom. The molecule has 6 nitrogen and oxygen atoms in total. The van der Waals surface area contributed by atoms with Crippen LogP contribution in [0.3, 0.4) is 0 Å². The van der Waals surface area contributed by atoms with Crippen molar-refractivity contribution in [3.8, 4) is 0 Å². The zero-order valence-corrected chi connectivity index (χ0v) is 35.6. The van der Waals surface area contributed by atoms with Crippen molar-refractivity contribution >= 4 is 17.9 Å². The summed E-state index contributed by atoms with van der Waals surface area (Å²) in [4.78, 5) is 37.6. The Morgan fingerprint density at radius 2 is 0.558 bits per heavy atom. The van der Waals surface area contributed by atoms with E-state index < -0.39 is 6.10 Å². The van der Waals surface area contributed by atoms with E-state index in [0.29, 0.717) is 19.3 Å². The predicted molar refractivity (Wildman–Crippen MR) is 219 cm³/mol. The number of unbranched alkanes of at least 4 members (excludes halogenated alkanes) is 22. The van der Waals surface area contributed by atoms with E-state index in [4.69, 9.17) is 14.2 Å². The fraction of sp³-hybridized carbons (Fsp3) is 0.935. The van der Waals surface area contributed by atoms with E-state index in [2.05, 4.69) is 41.5 Å². The van der Waals surface area contributed by atoms with Crippen LogP contribution in [0.15, 0.2) is 0 Å². The van der Waals surface area contributed by atoms with Crippen LogP contribution in [0.25, 0.3) is 0 Å². The number of carbonyl (C=O) groups is 3. The molecule has 52 heavy (non-hydrogen) atoms. The zero-order chi connectivity index (χ0) is 38.5. The van der Waals surface area contributed by atoms with Crippen molar-refractivity contribution < 1.29 is 28.6 Å². The van der Waals surface area contributed by atoms with Crippen molar-refractivity contribution in [3.05, 3.63) is 0 Å². The highest BCUT2D eigenvalue weighted by Gasteiger charge is 2.19. The first-order valence-electron chi connectivity index (χ1n) is 22.6. The number of hydrogen-bond donors (Lipinski definition) is 0.